The standard InChI is InChI=1S/C20H23N3O3/c24-19-10-6-12-23(20(25)26-15-16-7-2-1-3-8-16)14-18(19)22-13-17-9-4-5-11-21-17/h1-5,7-9,11,18,22H,6,10,12-15H2. The molecule has 0 spiro atoms. The lowest BCUT2D eigenvalue weighted by Crippen LogP contribution is -2.46. The van der Waals surface area contributed by atoms with Gasteiger partial charge in [0.15, 0.2) is 5.78 Å². The van der Waals surface area contributed by atoms with Gasteiger partial charge in [0.1, 0.15) is 6.61 Å². The largest absolute Gasteiger partial charge is 0.445 e. The summed E-state index contributed by atoms with van der Waals surface area (Å²) >= 11 is 0. The first kappa shape index (κ1) is 18.1. The zero-order valence-electron chi connectivity index (χ0n) is 14.6. The van der Waals surface area contributed by atoms with E-state index in [1.54, 1.807) is 11.1 Å². The Morgan fingerprint density at radius 3 is 2.77 bits per heavy atom. The number of hydrogen-bond acceptors (Lipinski definition) is 5. The minimum Gasteiger partial charge on any atom is -0.445 e. The van der Waals surface area contributed by atoms with Gasteiger partial charge < -0.3 is 15.0 Å². The topological polar surface area (TPSA) is 71.5 Å². The van der Waals surface area contributed by atoms with E-state index in [4.69, 9.17) is 4.74 Å². The summed E-state index contributed by atoms with van der Waals surface area (Å²) in [5.74, 6) is 0.124. The molecule has 1 N–H and O–H groups in total. The van der Waals surface area contributed by atoms with E-state index in [1.807, 2.05) is 48.5 Å². The number of carbonyl (C=O) groups excluding carboxylic acids is 2. The average molecular weight is 353 g/mol. The fraction of sp³-hybridized carbons (Fsp3) is 0.350. The minimum atomic E-state index is -0.399. The Bertz CT molecular complexity index is 722. The second kappa shape index (κ2) is 9.10. The number of likely N-dealkylation sites (tertiary alicyclic amines) is 1. The zero-order chi connectivity index (χ0) is 18.2. The van der Waals surface area contributed by atoms with Gasteiger partial charge >= 0.3 is 6.09 Å². The predicted molar refractivity (Wildman–Crippen MR) is 97.3 cm³/mol. The summed E-state index contributed by atoms with van der Waals surface area (Å²) in [6.07, 6.45) is 2.45. The molecule has 1 amide bonds. The van der Waals surface area contributed by atoms with Gasteiger partial charge in [-0.2, -0.15) is 0 Å². The van der Waals surface area contributed by atoms with Crippen molar-refractivity contribution in [2.75, 3.05) is 13.1 Å². The molecule has 2 aromatic rings. The molecule has 1 atom stereocenters. The number of benzene rings is 1. The highest BCUT2D eigenvalue weighted by atomic mass is 16.6. The fourth-order valence-corrected chi connectivity index (χ4v) is 2.92. The van der Waals surface area contributed by atoms with Crippen LogP contribution in [0.1, 0.15) is 24.1 Å². The number of carbonyl (C=O) groups is 2. The predicted octanol–water partition coefficient (Wildman–Crippen LogP) is 2.54. The number of rotatable bonds is 5. The lowest BCUT2D eigenvalue weighted by Gasteiger charge is -2.24. The number of hydrogen-bond donors (Lipinski definition) is 1. The summed E-state index contributed by atoms with van der Waals surface area (Å²) < 4.78 is 5.41. The summed E-state index contributed by atoms with van der Waals surface area (Å²) in [7, 11) is 0. The first-order chi connectivity index (χ1) is 12.7. The van der Waals surface area contributed by atoms with E-state index >= 15 is 0 Å². The van der Waals surface area contributed by atoms with E-state index in [0.29, 0.717) is 32.5 Å². The molecule has 0 radical (unpaired) electrons. The van der Waals surface area contributed by atoms with Gasteiger partial charge in [-0.25, -0.2) is 4.79 Å². The van der Waals surface area contributed by atoms with Crippen LogP contribution in [0, 0.1) is 0 Å². The summed E-state index contributed by atoms with van der Waals surface area (Å²) in [5.41, 5.74) is 1.80. The highest BCUT2D eigenvalue weighted by Gasteiger charge is 2.28. The van der Waals surface area contributed by atoms with E-state index in [2.05, 4.69) is 10.3 Å². The highest BCUT2D eigenvalue weighted by molar-refractivity contribution is 5.85. The molecule has 1 aromatic carbocycles. The van der Waals surface area contributed by atoms with Crippen LogP contribution in [-0.4, -0.2) is 40.9 Å². The van der Waals surface area contributed by atoms with Crippen molar-refractivity contribution in [2.45, 2.75) is 32.0 Å². The van der Waals surface area contributed by atoms with Gasteiger partial charge in [0.05, 0.1) is 11.7 Å². The molecule has 0 aliphatic carbocycles. The van der Waals surface area contributed by atoms with E-state index in [1.165, 1.54) is 0 Å². The number of nitrogens with zero attached hydrogens (tertiary/aromatic N) is 2. The molecule has 2 heterocycles. The van der Waals surface area contributed by atoms with E-state index in [0.717, 1.165) is 11.3 Å². The zero-order valence-corrected chi connectivity index (χ0v) is 14.6. The van der Waals surface area contributed by atoms with Crippen molar-refractivity contribution in [1.29, 1.82) is 0 Å². The number of Topliss-reactive ketones (excluding diaryl/α,β-unsaturated/α-hetero) is 1. The van der Waals surface area contributed by atoms with Gasteiger partial charge in [0.2, 0.25) is 0 Å². The van der Waals surface area contributed by atoms with Crippen molar-refractivity contribution in [3.8, 4) is 0 Å². The van der Waals surface area contributed by atoms with Gasteiger partial charge in [-0.15, -0.1) is 0 Å². The maximum absolute atomic E-state index is 12.4. The normalized spacial score (nSPS) is 17.6. The maximum Gasteiger partial charge on any atom is 0.410 e. The third-order valence-electron chi connectivity index (χ3n) is 4.36. The van der Waals surface area contributed by atoms with Crippen LogP contribution in [-0.2, 0) is 22.7 Å². The third-order valence-corrected chi connectivity index (χ3v) is 4.36. The molecule has 1 aliphatic rings. The second-order valence-electron chi connectivity index (χ2n) is 6.31. The molecule has 26 heavy (non-hydrogen) atoms. The number of ketones is 1. The van der Waals surface area contributed by atoms with E-state index in [9.17, 15) is 9.59 Å². The third kappa shape index (κ3) is 5.13. The number of ether oxygens (including phenoxy) is 1. The highest BCUT2D eigenvalue weighted by Crippen LogP contribution is 2.11. The number of nitrogens with one attached hydrogen (secondary N) is 1. The summed E-state index contributed by atoms with van der Waals surface area (Å²) in [6, 6.07) is 14.8. The molecule has 0 saturated carbocycles. The first-order valence-electron chi connectivity index (χ1n) is 8.84. The number of amides is 1. The van der Waals surface area contributed by atoms with Crippen LogP contribution in [0.3, 0.4) is 0 Å². The van der Waals surface area contributed by atoms with Crippen molar-refractivity contribution in [2.24, 2.45) is 0 Å². The first-order valence-corrected chi connectivity index (χ1v) is 8.84. The Hall–Kier alpha value is -2.73. The van der Waals surface area contributed by atoms with Crippen molar-refractivity contribution < 1.29 is 14.3 Å². The Morgan fingerprint density at radius 1 is 1.19 bits per heavy atom. The van der Waals surface area contributed by atoms with Gasteiger partial charge in [-0.05, 0) is 24.1 Å². The van der Waals surface area contributed by atoms with Crippen molar-refractivity contribution in [3.05, 3.63) is 66.0 Å². The van der Waals surface area contributed by atoms with Crippen molar-refractivity contribution in [3.63, 3.8) is 0 Å². The fourth-order valence-electron chi connectivity index (χ4n) is 2.92. The van der Waals surface area contributed by atoms with Gasteiger partial charge in [-0.1, -0.05) is 36.4 Å². The molecule has 136 valence electrons. The van der Waals surface area contributed by atoms with Crippen molar-refractivity contribution >= 4 is 11.9 Å². The molecule has 3 rings (SSSR count). The van der Waals surface area contributed by atoms with Crippen LogP contribution in [0.2, 0.25) is 0 Å². The molecule has 1 aromatic heterocycles. The quantitative estimate of drug-likeness (QED) is 0.894. The monoisotopic (exact) mass is 353 g/mol. The molecule has 6 heteroatoms. The van der Waals surface area contributed by atoms with Crippen LogP contribution in [0.15, 0.2) is 54.7 Å². The lowest BCUT2D eigenvalue weighted by molar-refractivity contribution is -0.120. The van der Waals surface area contributed by atoms with Gasteiger partial charge in [0.25, 0.3) is 0 Å². The van der Waals surface area contributed by atoms with Gasteiger partial charge in [0, 0.05) is 32.3 Å². The van der Waals surface area contributed by atoms with E-state index in [-0.39, 0.29) is 18.5 Å². The smallest absolute Gasteiger partial charge is 0.410 e. The molecular weight excluding hydrogens is 330 g/mol. The number of pyridine rings is 1. The van der Waals surface area contributed by atoms with Crippen LogP contribution in [0.25, 0.3) is 0 Å². The molecule has 1 saturated heterocycles. The average Bonchev–Trinajstić information content (AvgIpc) is 2.87. The Balaban J connectivity index is 1.55. The Labute approximate surface area is 153 Å². The molecule has 6 nitrogen and oxygen atoms in total. The maximum atomic E-state index is 12.4. The van der Waals surface area contributed by atoms with Crippen LogP contribution >= 0.6 is 0 Å². The van der Waals surface area contributed by atoms with Crippen LogP contribution in [0.4, 0.5) is 4.79 Å². The van der Waals surface area contributed by atoms with Crippen LogP contribution in [0.5, 0.6) is 0 Å². The Kier molecular flexibility index (Phi) is 6.33. The lowest BCUT2D eigenvalue weighted by atomic mass is 10.1. The summed E-state index contributed by atoms with van der Waals surface area (Å²) in [6.45, 7) is 1.57. The molecule has 0 bridgehead atoms. The second-order valence-corrected chi connectivity index (χ2v) is 6.31. The molecular formula is C20H23N3O3. The van der Waals surface area contributed by atoms with E-state index < -0.39 is 6.04 Å². The van der Waals surface area contributed by atoms with Crippen LogP contribution < -0.4 is 5.32 Å². The minimum absolute atomic E-state index is 0.124. The molecule has 1 unspecified atom stereocenters. The SMILES string of the molecule is O=C1CCCN(C(=O)OCc2ccccc2)CC1NCc1ccccn1. The van der Waals surface area contributed by atoms with Gasteiger partial charge in [-0.3, -0.25) is 9.78 Å². The number of aromatic nitrogens is 1. The Morgan fingerprint density at radius 2 is 2.00 bits per heavy atom. The molecule has 1 fully saturated rings. The summed E-state index contributed by atoms with van der Waals surface area (Å²) in [4.78, 5) is 30.6. The molecule has 1 aliphatic heterocycles. The van der Waals surface area contributed by atoms with Crippen molar-refractivity contribution in [1.82, 2.24) is 15.2 Å². The summed E-state index contributed by atoms with van der Waals surface area (Å²) in [5, 5.41) is 3.22.